The third-order valence-electron chi connectivity index (χ3n) is 24.6. The van der Waals surface area contributed by atoms with Gasteiger partial charge in [-0.15, -0.1) is 0 Å². The summed E-state index contributed by atoms with van der Waals surface area (Å²) in [6.07, 6.45) is -38.7. The van der Waals surface area contributed by atoms with Crippen LogP contribution in [0.2, 0.25) is 10.0 Å². The summed E-state index contributed by atoms with van der Waals surface area (Å²) in [6.45, 7) is 2.39. The number of aliphatic hydroxyl groups excluding tert-OH is 17. The molecule has 45 nitrogen and oxygen atoms in total. The number of phenols is 4. The third-order valence-corrected chi connectivity index (χ3v) is 25.2. The predicted octanol–water partition coefficient (Wildman–Crippen LogP) is 3.82. The summed E-state index contributed by atoms with van der Waals surface area (Å²) in [4.78, 5) is 41.4. The number of nitrogens with zero attached hydrogens (tertiary/aromatic N) is 6. The van der Waals surface area contributed by atoms with Crippen LogP contribution in [0.4, 0.5) is 0 Å². The molecular formula is C90H103Cl2N9O36. The molecule has 738 valence electrons. The molecule has 5 fully saturated rings. The van der Waals surface area contributed by atoms with Gasteiger partial charge in [-0.2, -0.15) is 0 Å². The first-order valence-corrected chi connectivity index (χ1v) is 43.9. The van der Waals surface area contributed by atoms with Crippen molar-refractivity contribution in [1.29, 1.82) is 0 Å². The number of likely N-dealkylation sites (N-methyl/N-ethyl adjacent to an activating group) is 1. The highest BCUT2D eigenvalue weighted by atomic mass is 35.5. The first kappa shape index (κ1) is 100. The Morgan fingerprint density at radius 3 is 1.63 bits per heavy atom. The van der Waals surface area contributed by atoms with Crippen LogP contribution in [-0.2, 0) is 47.4 Å². The lowest BCUT2D eigenvalue weighted by Crippen LogP contribution is -2.62. The molecule has 11 bridgehead atoms. The fourth-order valence-electron chi connectivity index (χ4n) is 17.2. The Morgan fingerprint density at radius 2 is 1.03 bits per heavy atom. The molecule has 1 unspecified atom stereocenters. The van der Waals surface area contributed by atoms with Crippen LogP contribution in [0.25, 0.3) is 11.1 Å². The van der Waals surface area contributed by atoms with Gasteiger partial charge in [-0.3, -0.25) is 0 Å². The second-order valence-corrected chi connectivity index (χ2v) is 34.7. The van der Waals surface area contributed by atoms with E-state index in [1.807, 2.05) is 0 Å². The smallest absolute Gasteiger partial charge is 0.333 e. The third kappa shape index (κ3) is 21.0. The Balaban J connectivity index is 1.01. The fourth-order valence-corrected chi connectivity index (χ4v) is 17.6. The standard InChI is InChI=1S/C90H103Cl2N9O36/c1-31-67(108)47(93)27-57(126-31)134-77-38-12-19-52(46(92)22-38)131-54-24-39-23-53(78(54)137-90-80(74(115)71(112)56(30-103)133-90)135-58-28-48(94)68(109)32(2)127-58)129-41-15-8-35(9-16-41)76(136-88-75(116)72(113)70(111)55(29-102)132-88)65(100-81(117)60(95-4)34-6-13-42(14-7-34)130-89-79(125-5)73(114)69(110)33(3)128-89)85(121)97-62(37-11-18-50(106)45(91)21-37)82(118)98-63(39)84(120)96-61-36-10-17-49(105)43(20-36)59-44(25-40(104)26-51(59)107)64(87(123)124)99-86(122)66(77)101-83(61)119/h6-26,31-33,47-48,55-58,60-77,79-80,88-90,95,102-116H,27-30,93-94H2,1-5H3,(H,96,120)(H,97,121)(H,98,118)(H,99,122)(H,100,117)(H,101,119)(H,123,124)/t31-,32-,33-,47-,48-,55+,56-,57+,58-,60-,61-,62+,63-,64?,65+,66+,67+,68+,69-,70+,71-,72-,73+,74-,75+,76+,77-,79+,80-,88+,89+,90-/m1/s1. The number of carboxylic acid groups (broad SMARTS) is 1. The highest BCUT2D eigenvalue weighted by Gasteiger charge is 2.53. The van der Waals surface area contributed by atoms with E-state index in [2.05, 4.69) is 25.3 Å². The van der Waals surface area contributed by atoms with Gasteiger partial charge in [0.1, 0.15) is 120 Å². The number of nitrogens with two attached hydrogens (primary N) is 2. The van der Waals surface area contributed by atoms with Gasteiger partial charge in [-0.25, -0.2) is 34.7 Å². The Hall–Kier alpha value is -11.1. The predicted molar refractivity (Wildman–Crippen MR) is 478 cm³/mol. The first-order chi connectivity index (χ1) is 65.2. The molecule has 10 aliphatic heterocycles. The Kier molecular flexibility index (Phi) is 30.7. The van der Waals surface area contributed by atoms with E-state index in [9.17, 15) is 117 Å². The van der Waals surface area contributed by atoms with E-state index in [4.69, 9.17) is 106 Å². The summed E-state index contributed by atoms with van der Waals surface area (Å²) >= 11 is 14.2. The van der Waals surface area contributed by atoms with Gasteiger partial charge in [0, 0.05) is 54.8 Å². The summed E-state index contributed by atoms with van der Waals surface area (Å²) in [5, 5.41) is 263. The van der Waals surface area contributed by atoms with Crippen LogP contribution in [0.3, 0.4) is 0 Å². The van der Waals surface area contributed by atoms with Gasteiger partial charge in [0.15, 0.2) is 72.7 Å². The number of ether oxygens (including phenoxy) is 13. The minimum Gasteiger partial charge on any atom is -0.508 e. The number of halogens is 2. The molecule has 32 atom stereocenters. The second-order valence-electron chi connectivity index (χ2n) is 33.8. The zero-order valence-electron chi connectivity index (χ0n) is 73.1. The van der Waals surface area contributed by atoms with Crippen molar-refractivity contribution in [2.45, 2.75) is 229 Å². The maximum absolute atomic E-state index is 13.9. The van der Waals surface area contributed by atoms with E-state index in [1.165, 1.54) is 102 Å². The van der Waals surface area contributed by atoms with E-state index in [0.29, 0.717) is 0 Å². The topological polar surface area (TPSA) is 720 Å². The number of methoxy groups -OCH3 is 1. The number of benzene rings is 7. The number of carboxylic acids is 1. The normalized spacial score (nSPS) is 34.0. The Labute approximate surface area is 788 Å². The zero-order chi connectivity index (χ0) is 98.5. The molecule has 0 amide bonds. The van der Waals surface area contributed by atoms with Gasteiger partial charge in [-0.1, -0.05) is 65.7 Å². The van der Waals surface area contributed by atoms with Crippen LogP contribution < -0.4 is 35.7 Å². The van der Waals surface area contributed by atoms with E-state index < -0.39 is 329 Å². The van der Waals surface area contributed by atoms with Crippen LogP contribution in [0.15, 0.2) is 157 Å². The molecular weight excluding hydrogens is 1850 g/mol. The van der Waals surface area contributed by atoms with Crippen LogP contribution in [0.5, 0.6) is 57.5 Å². The van der Waals surface area contributed by atoms with Crippen LogP contribution >= 0.6 is 23.2 Å². The van der Waals surface area contributed by atoms with Gasteiger partial charge in [0.2, 0.25) is 53.7 Å². The molecule has 0 spiro atoms. The quantitative estimate of drug-likeness (QED) is 0.0404. The summed E-state index contributed by atoms with van der Waals surface area (Å²) in [7, 11) is 2.66. The van der Waals surface area contributed by atoms with Gasteiger partial charge in [0.25, 0.3) is 0 Å². The molecule has 27 N–H and O–H groups in total. The van der Waals surface area contributed by atoms with E-state index in [1.54, 1.807) is 0 Å². The molecule has 0 radical (unpaired) electrons. The van der Waals surface area contributed by atoms with Crippen LogP contribution in [-0.4, -0.2) is 334 Å². The molecule has 17 rings (SSSR count). The highest BCUT2D eigenvalue weighted by molar-refractivity contribution is 6.32. The van der Waals surface area contributed by atoms with Gasteiger partial charge < -0.3 is 191 Å². The van der Waals surface area contributed by atoms with Crippen LogP contribution in [0.1, 0.15) is 115 Å². The van der Waals surface area contributed by atoms with E-state index in [-0.39, 0.29) is 52.2 Å². The molecule has 0 saturated carbocycles. The monoisotopic (exact) mass is 1960 g/mol. The molecule has 7 aromatic rings. The number of aromatic hydroxyl groups is 4. The summed E-state index contributed by atoms with van der Waals surface area (Å²) < 4.78 is 82.3. The lowest BCUT2D eigenvalue weighted by Gasteiger charge is -2.44. The number of phenolic OH excluding ortho intramolecular Hbond substituents is 4. The van der Waals surface area contributed by atoms with Crippen molar-refractivity contribution in [2.75, 3.05) is 27.4 Å². The number of hydrogen-bond donors (Lipinski definition) is 25. The average Bonchev–Trinajstić information content (AvgIpc) is 0.759. The maximum atomic E-state index is 13.9. The molecule has 5 saturated heterocycles. The number of rotatable bonds is 19. The molecule has 10 heterocycles. The van der Waals surface area contributed by atoms with Crippen molar-refractivity contribution in [3.05, 3.63) is 176 Å². The van der Waals surface area contributed by atoms with E-state index in [0.717, 1.165) is 60.7 Å². The largest absolute Gasteiger partial charge is 0.508 e. The lowest BCUT2D eigenvalue weighted by molar-refractivity contribution is -0.330. The SMILES string of the molecule is CN[C@@H](C(O)=N[C@@H]1C(O)=N[C@@H](c2ccc(O)c(Cl)c2)C(O)=N[C@H]2C(O)=N[C@H]3C(O)=N[C@H](C(O)=NC(C(=O)O)c4cc(O)cc(O)c4-c4cc3ccc4O)[C@H](O[C@H]3C[C@@H](N)[C@@H](O)[C@@H](C)O3)c3ccc(c(Cl)c3)Oc3cc2cc(c3O[C@H]2O[C@H](CO)[C@@H](O)[C@@H](O)[C@H]2O[C@@H]2C[C@@H](N)[C@@H](O)[C@@H](C)O2)Oc2ccc(cc2)[C@@H]1O[C@@H]1O[C@@H](CO)[C@H](O)[C@@H](O)[C@@H]1O)c1ccc(O[C@@H]2O[C@H](C)[C@@H](O)[C@H](O)[C@@H]2OC)cc1. The van der Waals surface area contributed by atoms with Crippen molar-refractivity contribution in [1.82, 2.24) is 5.32 Å². The van der Waals surface area contributed by atoms with Crippen molar-refractivity contribution in [3.8, 4) is 68.6 Å². The second kappa shape index (κ2) is 41.9. The summed E-state index contributed by atoms with van der Waals surface area (Å²) in [6, 6.07) is 6.65. The average molecular weight is 1960 g/mol. The number of aliphatic imine (C=N–C) groups is 6. The maximum Gasteiger partial charge on any atom is 0.333 e. The molecule has 0 aliphatic carbocycles. The van der Waals surface area contributed by atoms with Crippen molar-refractivity contribution < 1.29 is 179 Å². The highest BCUT2D eigenvalue weighted by Crippen LogP contribution is 2.52. The molecule has 0 aromatic heterocycles. The number of aliphatic carboxylic acids is 1. The van der Waals surface area contributed by atoms with Gasteiger partial charge in [0.05, 0.1) is 53.8 Å². The zero-order valence-corrected chi connectivity index (χ0v) is 74.6. The fraction of sp³-hybridized carbons (Fsp3) is 0.456. The summed E-state index contributed by atoms with van der Waals surface area (Å²) in [5.74, 6) is -15.1. The van der Waals surface area contributed by atoms with Crippen molar-refractivity contribution in [3.63, 3.8) is 0 Å². The van der Waals surface area contributed by atoms with Crippen molar-refractivity contribution >= 4 is 64.6 Å². The van der Waals surface area contributed by atoms with Gasteiger partial charge >= 0.3 is 5.97 Å². The molecule has 137 heavy (non-hydrogen) atoms. The Morgan fingerprint density at radius 1 is 0.489 bits per heavy atom. The number of aliphatic hydroxyl groups is 17. The number of carbonyl (C=O) groups is 1. The molecule has 7 aromatic carbocycles. The first-order valence-electron chi connectivity index (χ1n) is 43.1. The van der Waals surface area contributed by atoms with E-state index >= 15 is 0 Å². The van der Waals surface area contributed by atoms with Crippen molar-refractivity contribution in [2.24, 2.45) is 41.4 Å². The summed E-state index contributed by atoms with van der Waals surface area (Å²) in [5.41, 5.74) is 9.83. The molecule has 47 heteroatoms. The number of hydrogen-bond acceptors (Lipinski definition) is 38. The lowest BCUT2D eigenvalue weighted by atomic mass is 9.90. The Bertz CT molecular complexity index is 5690. The molecule has 10 aliphatic rings. The minimum absolute atomic E-state index is 0.107. The van der Waals surface area contributed by atoms with Gasteiger partial charge in [-0.05, 0) is 140 Å². The van der Waals surface area contributed by atoms with Crippen LogP contribution in [0, 0.1) is 0 Å². The minimum atomic E-state index is -2.47. The number of nitrogens with one attached hydrogen (secondary N) is 1. The number of fused-ring (bicyclic) bond motifs is 12.